The molecule has 1 fully saturated rings. The molecule has 1 aliphatic rings. The zero-order valence-corrected chi connectivity index (χ0v) is 11.9. The lowest BCUT2D eigenvalue weighted by Crippen LogP contribution is -2.46. The van der Waals surface area contributed by atoms with Crippen LogP contribution in [-0.2, 0) is 6.54 Å². The van der Waals surface area contributed by atoms with Crippen molar-refractivity contribution >= 4 is 5.69 Å². The van der Waals surface area contributed by atoms with Crippen LogP contribution in [0.15, 0.2) is 48.5 Å². The van der Waals surface area contributed by atoms with Gasteiger partial charge < -0.3 is 10.0 Å². The molecule has 3 rings (SSSR count). The Morgan fingerprint density at radius 2 is 1.57 bits per heavy atom. The van der Waals surface area contributed by atoms with E-state index in [9.17, 15) is 9.50 Å². The summed E-state index contributed by atoms with van der Waals surface area (Å²) in [4.78, 5) is 4.56. The summed E-state index contributed by atoms with van der Waals surface area (Å²) in [6, 6.07) is 14.3. The molecular formula is C17H19FN2O. The summed E-state index contributed by atoms with van der Waals surface area (Å²) in [7, 11) is 0. The maximum Gasteiger partial charge on any atom is 0.127 e. The number of phenols is 1. The monoisotopic (exact) mass is 286 g/mol. The van der Waals surface area contributed by atoms with E-state index in [2.05, 4.69) is 9.80 Å². The standard InChI is InChI=1S/C17H19FN2O/c18-17-4-2-1-3-14(17)13-19-9-11-20(12-10-19)15-5-7-16(21)8-6-15/h1-8,21H,9-13H2. The van der Waals surface area contributed by atoms with E-state index in [0.29, 0.717) is 6.54 Å². The Balaban J connectivity index is 1.58. The number of halogens is 1. The first-order chi connectivity index (χ1) is 10.2. The van der Waals surface area contributed by atoms with Crippen LogP contribution in [0.3, 0.4) is 0 Å². The molecule has 0 unspecified atom stereocenters. The highest BCUT2D eigenvalue weighted by Crippen LogP contribution is 2.20. The number of piperazine rings is 1. The highest BCUT2D eigenvalue weighted by Gasteiger charge is 2.18. The smallest absolute Gasteiger partial charge is 0.127 e. The van der Waals surface area contributed by atoms with Crippen molar-refractivity contribution in [1.29, 1.82) is 0 Å². The van der Waals surface area contributed by atoms with E-state index in [1.54, 1.807) is 18.2 Å². The molecule has 0 aromatic heterocycles. The van der Waals surface area contributed by atoms with Gasteiger partial charge in [0.25, 0.3) is 0 Å². The predicted molar refractivity (Wildman–Crippen MR) is 82.0 cm³/mol. The normalized spacial score (nSPS) is 16.1. The number of nitrogens with zero attached hydrogens (tertiary/aromatic N) is 2. The van der Waals surface area contributed by atoms with Gasteiger partial charge in [0, 0.05) is 44.0 Å². The molecule has 21 heavy (non-hydrogen) atoms. The Hall–Kier alpha value is -2.07. The quantitative estimate of drug-likeness (QED) is 0.940. The first-order valence-electron chi connectivity index (χ1n) is 7.22. The van der Waals surface area contributed by atoms with E-state index < -0.39 is 0 Å². The van der Waals surface area contributed by atoms with E-state index in [-0.39, 0.29) is 11.6 Å². The first kappa shape index (κ1) is 13.9. The van der Waals surface area contributed by atoms with E-state index >= 15 is 0 Å². The molecule has 0 atom stereocenters. The molecule has 2 aromatic carbocycles. The highest BCUT2D eigenvalue weighted by atomic mass is 19.1. The predicted octanol–water partition coefficient (Wildman–Crippen LogP) is 2.85. The molecule has 2 aromatic rings. The Morgan fingerprint density at radius 3 is 2.24 bits per heavy atom. The van der Waals surface area contributed by atoms with Gasteiger partial charge in [-0.05, 0) is 30.3 Å². The molecule has 1 N–H and O–H groups in total. The van der Waals surface area contributed by atoms with Gasteiger partial charge in [-0.3, -0.25) is 4.90 Å². The summed E-state index contributed by atoms with van der Waals surface area (Å²) in [5.74, 6) is 0.162. The van der Waals surface area contributed by atoms with Crippen molar-refractivity contribution in [2.24, 2.45) is 0 Å². The summed E-state index contributed by atoms with van der Waals surface area (Å²) < 4.78 is 13.7. The zero-order chi connectivity index (χ0) is 14.7. The van der Waals surface area contributed by atoms with Gasteiger partial charge in [-0.15, -0.1) is 0 Å². The molecule has 4 heteroatoms. The van der Waals surface area contributed by atoms with Crippen molar-refractivity contribution in [3.63, 3.8) is 0 Å². The van der Waals surface area contributed by atoms with Gasteiger partial charge in [-0.2, -0.15) is 0 Å². The molecule has 1 saturated heterocycles. The molecule has 0 aliphatic carbocycles. The maximum atomic E-state index is 13.7. The van der Waals surface area contributed by atoms with Crippen LogP contribution < -0.4 is 4.90 Å². The van der Waals surface area contributed by atoms with Crippen molar-refractivity contribution < 1.29 is 9.50 Å². The van der Waals surface area contributed by atoms with Crippen LogP contribution in [0.5, 0.6) is 5.75 Å². The Labute approximate surface area is 124 Å². The molecule has 3 nitrogen and oxygen atoms in total. The van der Waals surface area contributed by atoms with Gasteiger partial charge in [0.15, 0.2) is 0 Å². The van der Waals surface area contributed by atoms with Crippen molar-refractivity contribution in [2.45, 2.75) is 6.54 Å². The van der Waals surface area contributed by atoms with Gasteiger partial charge in [-0.25, -0.2) is 4.39 Å². The third-order valence-electron chi connectivity index (χ3n) is 3.94. The van der Waals surface area contributed by atoms with Gasteiger partial charge in [0.1, 0.15) is 11.6 Å². The van der Waals surface area contributed by atoms with E-state index in [1.807, 2.05) is 24.3 Å². The van der Waals surface area contributed by atoms with E-state index in [1.165, 1.54) is 6.07 Å². The van der Waals surface area contributed by atoms with E-state index in [0.717, 1.165) is 37.4 Å². The second-order valence-corrected chi connectivity index (χ2v) is 5.37. The number of aromatic hydroxyl groups is 1. The lowest BCUT2D eigenvalue weighted by atomic mass is 10.1. The Morgan fingerprint density at radius 1 is 0.905 bits per heavy atom. The van der Waals surface area contributed by atoms with Gasteiger partial charge in [-0.1, -0.05) is 18.2 Å². The SMILES string of the molecule is Oc1ccc(N2CCN(Cc3ccccc3F)CC2)cc1. The van der Waals surface area contributed by atoms with Gasteiger partial charge in [0.2, 0.25) is 0 Å². The fourth-order valence-corrected chi connectivity index (χ4v) is 2.70. The Kier molecular flexibility index (Phi) is 4.06. The van der Waals surface area contributed by atoms with Crippen molar-refractivity contribution in [3.8, 4) is 5.75 Å². The average molecular weight is 286 g/mol. The van der Waals surface area contributed by atoms with Crippen molar-refractivity contribution in [3.05, 3.63) is 59.9 Å². The minimum Gasteiger partial charge on any atom is -0.508 e. The summed E-state index contributed by atoms with van der Waals surface area (Å²) in [5, 5.41) is 9.32. The minimum absolute atomic E-state index is 0.126. The van der Waals surface area contributed by atoms with Crippen LogP contribution in [-0.4, -0.2) is 36.2 Å². The third kappa shape index (κ3) is 3.34. The lowest BCUT2D eigenvalue weighted by molar-refractivity contribution is 0.246. The number of phenolic OH excluding ortho intramolecular Hbond substituents is 1. The topological polar surface area (TPSA) is 26.7 Å². The molecule has 0 bridgehead atoms. The number of hydrogen-bond donors (Lipinski definition) is 1. The molecule has 0 saturated carbocycles. The summed E-state index contributed by atoms with van der Waals surface area (Å²) in [6.07, 6.45) is 0. The molecular weight excluding hydrogens is 267 g/mol. The van der Waals surface area contributed by atoms with Crippen LogP contribution in [0.2, 0.25) is 0 Å². The number of hydrogen-bond acceptors (Lipinski definition) is 3. The average Bonchev–Trinajstić information content (AvgIpc) is 2.51. The summed E-state index contributed by atoms with van der Waals surface area (Å²) in [6.45, 7) is 4.32. The fraction of sp³-hybridized carbons (Fsp3) is 0.294. The maximum absolute atomic E-state index is 13.7. The summed E-state index contributed by atoms with van der Waals surface area (Å²) in [5.41, 5.74) is 1.88. The van der Waals surface area contributed by atoms with Gasteiger partial charge in [0.05, 0.1) is 0 Å². The van der Waals surface area contributed by atoms with Crippen molar-refractivity contribution in [2.75, 3.05) is 31.1 Å². The molecule has 1 heterocycles. The highest BCUT2D eigenvalue weighted by molar-refractivity contribution is 5.49. The zero-order valence-electron chi connectivity index (χ0n) is 11.9. The second-order valence-electron chi connectivity index (χ2n) is 5.37. The van der Waals surface area contributed by atoms with Crippen LogP contribution in [0.1, 0.15) is 5.56 Å². The molecule has 1 aliphatic heterocycles. The number of benzene rings is 2. The van der Waals surface area contributed by atoms with E-state index in [4.69, 9.17) is 0 Å². The van der Waals surface area contributed by atoms with Crippen LogP contribution >= 0.6 is 0 Å². The second kappa shape index (κ2) is 6.14. The van der Waals surface area contributed by atoms with Gasteiger partial charge >= 0.3 is 0 Å². The Bertz CT molecular complexity index is 592. The minimum atomic E-state index is -0.126. The molecule has 110 valence electrons. The van der Waals surface area contributed by atoms with Crippen LogP contribution in [0.4, 0.5) is 10.1 Å². The third-order valence-corrected chi connectivity index (χ3v) is 3.94. The number of rotatable bonds is 3. The molecule has 0 spiro atoms. The van der Waals surface area contributed by atoms with Crippen LogP contribution in [0, 0.1) is 5.82 Å². The fourth-order valence-electron chi connectivity index (χ4n) is 2.70. The summed E-state index contributed by atoms with van der Waals surface area (Å²) >= 11 is 0. The van der Waals surface area contributed by atoms with Crippen LogP contribution in [0.25, 0.3) is 0 Å². The largest absolute Gasteiger partial charge is 0.508 e. The molecule has 0 radical (unpaired) electrons. The molecule has 0 amide bonds. The lowest BCUT2D eigenvalue weighted by Gasteiger charge is -2.36. The number of anilines is 1. The first-order valence-corrected chi connectivity index (χ1v) is 7.22. The van der Waals surface area contributed by atoms with Crippen molar-refractivity contribution in [1.82, 2.24) is 4.90 Å².